The highest BCUT2D eigenvalue weighted by Gasteiger charge is 2.22. The Morgan fingerprint density at radius 1 is 1.23 bits per heavy atom. The molecule has 10 nitrogen and oxygen atoms in total. The minimum atomic E-state index is -3.83. The van der Waals surface area contributed by atoms with Gasteiger partial charge >= 0.3 is 0 Å². The molecule has 0 aliphatic carbocycles. The first-order valence-corrected chi connectivity index (χ1v) is 11.1. The van der Waals surface area contributed by atoms with Gasteiger partial charge in [0.1, 0.15) is 12.4 Å². The first-order valence-electron chi connectivity index (χ1n) is 9.23. The molecule has 0 radical (unpaired) electrons. The number of benzene rings is 2. The van der Waals surface area contributed by atoms with Crippen LogP contribution in [0.5, 0.6) is 0 Å². The summed E-state index contributed by atoms with van der Waals surface area (Å²) in [6.07, 6.45) is 4.49. The van der Waals surface area contributed by atoms with Gasteiger partial charge < -0.3 is 9.88 Å². The van der Waals surface area contributed by atoms with Gasteiger partial charge in [0.05, 0.1) is 16.9 Å². The second kappa shape index (κ2) is 8.96. The number of aromatic nitrogens is 2. The summed E-state index contributed by atoms with van der Waals surface area (Å²) in [6.45, 7) is 1.60. The number of hydrogen-bond donors (Lipinski definition) is 1. The summed E-state index contributed by atoms with van der Waals surface area (Å²) < 4.78 is 27.1. The number of carbonyl (C=O) groups is 1. The molecule has 0 aliphatic heterocycles. The predicted molar refractivity (Wildman–Crippen MR) is 115 cm³/mol. The van der Waals surface area contributed by atoms with Crippen LogP contribution in [0.25, 0.3) is 5.69 Å². The van der Waals surface area contributed by atoms with Crippen molar-refractivity contribution in [1.29, 1.82) is 0 Å². The van der Waals surface area contributed by atoms with Gasteiger partial charge in [-0.25, -0.2) is 13.4 Å². The Balaban J connectivity index is 1.67. The van der Waals surface area contributed by atoms with Crippen molar-refractivity contribution in [1.82, 2.24) is 14.9 Å². The lowest BCUT2D eigenvalue weighted by Gasteiger charge is -2.21. The van der Waals surface area contributed by atoms with Gasteiger partial charge in [0.25, 0.3) is 5.69 Å². The van der Waals surface area contributed by atoms with Gasteiger partial charge in [0.2, 0.25) is 15.9 Å². The van der Waals surface area contributed by atoms with Crippen LogP contribution in [0.2, 0.25) is 0 Å². The topological polar surface area (TPSA) is 127 Å². The van der Waals surface area contributed by atoms with Crippen LogP contribution in [0.15, 0.2) is 60.9 Å². The van der Waals surface area contributed by atoms with Crippen LogP contribution in [0.1, 0.15) is 11.4 Å². The van der Waals surface area contributed by atoms with E-state index in [1.165, 1.54) is 18.2 Å². The zero-order valence-corrected chi connectivity index (χ0v) is 17.7. The monoisotopic (exact) mass is 443 g/mol. The molecule has 0 aliphatic rings. The molecule has 0 bridgehead atoms. The van der Waals surface area contributed by atoms with Gasteiger partial charge in [0, 0.05) is 36.8 Å². The molecular weight excluding hydrogens is 422 g/mol. The van der Waals surface area contributed by atoms with Crippen LogP contribution in [0.3, 0.4) is 0 Å². The summed E-state index contributed by atoms with van der Waals surface area (Å²) in [5.41, 5.74) is 1.54. The number of aryl methyl sites for hydroxylation is 1. The highest BCUT2D eigenvalue weighted by molar-refractivity contribution is 7.92. The van der Waals surface area contributed by atoms with Crippen molar-refractivity contribution in [3.63, 3.8) is 0 Å². The molecule has 3 aromatic rings. The number of non-ortho nitro benzene ring substituents is 1. The molecule has 1 N–H and O–H groups in total. The van der Waals surface area contributed by atoms with E-state index >= 15 is 0 Å². The standard InChI is InChI=1S/C20H21N5O5S/c1-15-21-10-11-23(15)17-8-6-16(7-9-17)13-22-20(26)14-24(31(2,29)30)18-4-3-5-19(12-18)25(27)28/h3-12H,13-14H2,1-2H3,(H,22,26). The fraction of sp³-hybridized carbons (Fsp3) is 0.200. The number of rotatable bonds is 8. The molecular formula is C20H21N5O5S. The summed E-state index contributed by atoms with van der Waals surface area (Å²) in [5.74, 6) is 0.314. The van der Waals surface area contributed by atoms with Gasteiger partial charge in [-0.2, -0.15) is 0 Å². The van der Waals surface area contributed by atoms with Gasteiger partial charge in [-0.1, -0.05) is 18.2 Å². The molecule has 2 aromatic carbocycles. The van der Waals surface area contributed by atoms with Crippen LogP contribution < -0.4 is 9.62 Å². The molecule has 0 spiro atoms. The molecule has 31 heavy (non-hydrogen) atoms. The molecule has 162 valence electrons. The number of sulfonamides is 1. The third kappa shape index (κ3) is 5.45. The maximum atomic E-state index is 12.4. The first kappa shape index (κ1) is 22.0. The Bertz CT molecular complexity index is 1200. The quantitative estimate of drug-likeness (QED) is 0.420. The lowest BCUT2D eigenvalue weighted by atomic mass is 10.2. The molecule has 0 unspecified atom stereocenters. The predicted octanol–water partition coefficient (Wildman–Crippen LogP) is 2.17. The number of hydrogen-bond acceptors (Lipinski definition) is 6. The van der Waals surface area contributed by atoms with Crippen molar-refractivity contribution >= 4 is 27.3 Å². The smallest absolute Gasteiger partial charge is 0.271 e. The highest BCUT2D eigenvalue weighted by Crippen LogP contribution is 2.23. The van der Waals surface area contributed by atoms with E-state index in [4.69, 9.17) is 0 Å². The molecule has 0 saturated heterocycles. The van der Waals surface area contributed by atoms with Gasteiger partial charge in [0.15, 0.2) is 0 Å². The van der Waals surface area contributed by atoms with Crippen molar-refractivity contribution in [2.24, 2.45) is 0 Å². The zero-order chi connectivity index (χ0) is 22.6. The van der Waals surface area contributed by atoms with Crippen molar-refractivity contribution < 1.29 is 18.1 Å². The maximum Gasteiger partial charge on any atom is 0.271 e. The zero-order valence-electron chi connectivity index (χ0n) is 16.9. The third-order valence-corrected chi connectivity index (χ3v) is 5.69. The largest absolute Gasteiger partial charge is 0.350 e. The van der Waals surface area contributed by atoms with E-state index in [2.05, 4.69) is 10.3 Å². The fourth-order valence-electron chi connectivity index (χ4n) is 2.97. The lowest BCUT2D eigenvalue weighted by Crippen LogP contribution is -2.40. The number of nitro benzene ring substituents is 1. The number of anilines is 1. The molecule has 1 heterocycles. The fourth-order valence-corrected chi connectivity index (χ4v) is 3.82. The second-order valence-electron chi connectivity index (χ2n) is 6.83. The molecule has 3 rings (SSSR count). The van der Waals surface area contributed by atoms with Crippen molar-refractivity contribution in [2.75, 3.05) is 17.1 Å². The number of imidazole rings is 1. The van der Waals surface area contributed by atoms with Gasteiger partial charge in [-0.15, -0.1) is 0 Å². The van der Waals surface area contributed by atoms with E-state index < -0.39 is 27.4 Å². The number of nitrogens with zero attached hydrogens (tertiary/aromatic N) is 4. The Labute approximate surface area is 179 Å². The number of nitrogens with one attached hydrogen (secondary N) is 1. The molecule has 0 fully saturated rings. The SMILES string of the molecule is Cc1nccn1-c1ccc(CNC(=O)CN(c2cccc([N+](=O)[O-])c2)S(C)(=O)=O)cc1. The van der Waals surface area contributed by atoms with Crippen LogP contribution in [0, 0.1) is 17.0 Å². The minimum Gasteiger partial charge on any atom is -0.350 e. The average molecular weight is 443 g/mol. The van der Waals surface area contributed by atoms with Crippen molar-refractivity contribution in [3.05, 3.63) is 82.4 Å². The van der Waals surface area contributed by atoms with E-state index in [-0.39, 0.29) is 17.9 Å². The van der Waals surface area contributed by atoms with E-state index in [1.54, 1.807) is 6.20 Å². The van der Waals surface area contributed by atoms with Crippen LogP contribution in [0.4, 0.5) is 11.4 Å². The maximum absolute atomic E-state index is 12.4. The molecule has 1 amide bonds. The van der Waals surface area contributed by atoms with Crippen LogP contribution >= 0.6 is 0 Å². The molecule has 0 saturated carbocycles. The summed E-state index contributed by atoms with van der Waals surface area (Å²) in [6, 6.07) is 12.6. The lowest BCUT2D eigenvalue weighted by molar-refractivity contribution is -0.384. The third-order valence-electron chi connectivity index (χ3n) is 4.55. The van der Waals surface area contributed by atoms with E-state index in [0.29, 0.717) is 0 Å². The van der Waals surface area contributed by atoms with Crippen molar-refractivity contribution in [3.8, 4) is 5.69 Å². The van der Waals surface area contributed by atoms with Gasteiger partial charge in [-0.3, -0.25) is 19.2 Å². The Morgan fingerprint density at radius 2 is 1.94 bits per heavy atom. The van der Waals surface area contributed by atoms with Crippen LogP contribution in [-0.2, 0) is 21.4 Å². The second-order valence-corrected chi connectivity index (χ2v) is 8.74. The normalized spacial score (nSPS) is 11.2. The Hall–Kier alpha value is -3.73. The van der Waals surface area contributed by atoms with Crippen molar-refractivity contribution in [2.45, 2.75) is 13.5 Å². The molecule has 1 aromatic heterocycles. The first-order chi connectivity index (χ1) is 14.6. The Morgan fingerprint density at radius 3 is 2.52 bits per heavy atom. The van der Waals surface area contributed by atoms with E-state index in [0.717, 1.165) is 33.7 Å². The summed E-state index contributed by atoms with van der Waals surface area (Å²) >= 11 is 0. The number of nitro groups is 1. The summed E-state index contributed by atoms with van der Waals surface area (Å²) in [7, 11) is -3.83. The highest BCUT2D eigenvalue weighted by atomic mass is 32.2. The van der Waals surface area contributed by atoms with E-state index in [9.17, 15) is 23.3 Å². The number of amides is 1. The van der Waals surface area contributed by atoms with Crippen LogP contribution in [-0.4, -0.2) is 41.6 Å². The molecule has 0 atom stereocenters. The summed E-state index contributed by atoms with van der Waals surface area (Å²) in [5, 5.41) is 13.7. The molecule has 11 heteroatoms. The average Bonchev–Trinajstić information content (AvgIpc) is 3.16. The summed E-state index contributed by atoms with van der Waals surface area (Å²) in [4.78, 5) is 26.9. The number of carbonyl (C=O) groups excluding carboxylic acids is 1. The van der Waals surface area contributed by atoms with E-state index in [1.807, 2.05) is 42.0 Å². The van der Waals surface area contributed by atoms with Gasteiger partial charge in [-0.05, 0) is 30.7 Å². The minimum absolute atomic E-state index is 0.0481. The Kier molecular flexibility index (Phi) is 6.35.